The zero-order valence-corrected chi connectivity index (χ0v) is 29.5. The monoisotopic (exact) mass is 808 g/mol. The Morgan fingerprint density at radius 3 is 2.10 bits per heavy atom. The number of benzene rings is 2. The molecule has 1 amide bonds. The third-order valence-electron chi connectivity index (χ3n) is 7.32. The Morgan fingerprint density at radius 2 is 1.52 bits per heavy atom. The van der Waals surface area contributed by atoms with E-state index in [2.05, 4.69) is 20.5 Å². The van der Waals surface area contributed by atoms with Gasteiger partial charge >= 0.3 is 29.2 Å². The molecule has 52 heavy (non-hydrogen) atoms. The molecule has 290 valence electrons. The van der Waals surface area contributed by atoms with E-state index in [1.54, 1.807) is 12.1 Å². The molecule has 0 unspecified atom stereocenters. The van der Waals surface area contributed by atoms with Crippen LogP contribution in [0.15, 0.2) is 35.1 Å². The molecule has 12 nitrogen and oxygen atoms in total. The number of hydrogen-bond donors (Lipinski definition) is 6. The molecule has 2 aromatic carbocycles. The minimum atomic E-state index is -5.08. The van der Waals surface area contributed by atoms with Crippen LogP contribution in [0.3, 0.4) is 0 Å². The maximum Gasteiger partial charge on any atom is 0.490 e. The van der Waals surface area contributed by atoms with E-state index in [1.165, 1.54) is 0 Å². The second-order valence-corrected chi connectivity index (χ2v) is 12.8. The maximum atomic E-state index is 12.5. The molecule has 0 saturated carbocycles. The lowest BCUT2D eigenvalue weighted by Gasteiger charge is -2.34. The van der Waals surface area contributed by atoms with Crippen molar-refractivity contribution in [2.75, 3.05) is 45.9 Å². The number of thiazole rings is 1. The number of H-pyrrole nitrogens is 1. The quantitative estimate of drug-likeness (QED) is 0.0989. The van der Waals surface area contributed by atoms with E-state index in [9.17, 15) is 41.0 Å². The fraction of sp³-hybridized carbons (Fsp3) is 0.484. The molecular weight excluding hydrogens is 773 g/mol. The largest absolute Gasteiger partial charge is 0.506 e. The van der Waals surface area contributed by atoms with Gasteiger partial charge in [0, 0.05) is 51.9 Å². The van der Waals surface area contributed by atoms with Gasteiger partial charge in [-0.1, -0.05) is 46.7 Å². The van der Waals surface area contributed by atoms with Gasteiger partial charge in [-0.25, -0.2) is 9.59 Å². The summed E-state index contributed by atoms with van der Waals surface area (Å²) in [4.78, 5) is 47.0. The summed E-state index contributed by atoms with van der Waals surface area (Å²) in [6.07, 6.45) is -6.34. The first kappa shape index (κ1) is 44.5. The summed E-state index contributed by atoms with van der Waals surface area (Å²) in [5.41, 5.74) is 2.58. The van der Waals surface area contributed by atoms with Gasteiger partial charge in [0.15, 0.2) is 0 Å². The van der Waals surface area contributed by atoms with Crippen molar-refractivity contribution >= 4 is 62.6 Å². The van der Waals surface area contributed by atoms with Crippen LogP contribution in [0.4, 0.5) is 26.3 Å². The number of aliphatic carboxylic acids is 2. The Bertz CT molecular complexity index is 1660. The highest BCUT2D eigenvalue weighted by molar-refractivity contribution is 7.16. The van der Waals surface area contributed by atoms with Crippen molar-refractivity contribution in [1.82, 2.24) is 20.5 Å². The van der Waals surface area contributed by atoms with Crippen LogP contribution in [0.1, 0.15) is 30.4 Å². The number of rotatable bonds is 13. The summed E-state index contributed by atoms with van der Waals surface area (Å²) in [6, 6.07) is 9.43. The summed E-state index contributed by atoms with van der Waals surface area (Å²) in [5.74, 6) is -5.38. The fourth-order valence-electron chi connectivity index (χ4n) is 4.74. The van der Waals surface area contributed by atoms with Gasteiger partial charge in [-0.2, -0.15) is 26.3 Å². The lowest BCUT2D eigenvalue weighted by Crippen LogP contribution is -2.44. The van der Waals surface area contributed by atoms with E-state index >= 15 is 0 Å². The molecule has 1 saturated heterocycles. The number of aromatic amines is 1. The van der Waals surface area contributed by atoms with Crippen LogP contribution < -0.4 is 15.5 Å². The highest BCUT2D eigenvalue weighted by Gasteiger charge is 2.39. The molecule has 0 aliphatic carbocycles. The van der Waals surface area contributed by atoms with E-state index in [1.807, 2.05) is 18.2 Å². The number of nitrogens with zero attached hydrogens (tertiary/aromatic N) is 1. The number of fused-ring (bicyclic) bond motifs is 1. The number of phenols is 1. The molecule has 1 aliphatic rings. The van der Waals surface area contributed by atoms with Gasteiger partial charge in [0.05, 0.1) is 14.7 Å². The Balaban J connectivity index is 0.000000564. The number of carboxylic acids is 2. The molecule has 0 radical (unpaired) electrons. The number of amides is 1. The topological polar surface area (TPSA) is 181 Å². The standard InChI is InChI=1S/C27H34Cl2N4O4S.2C2HF3O2/c28-21-3-1-18(17-22(21)29)5-11-31-24(35)7-13-33(20-8-15-37-16-9-20)14-12-30-10-6-19-2-4-23(34)25-26(19)38-27(36)32-25;2*3-2(4,5)1(6)7/h1-4,17,20,30,34H,5-16H2,(H,31,35)(H,32,36);2*(H,6,7). The van der Waals surface area contributed by atoms with E-state index in [0.717, 1.165) is 79.3 Å². The number of carbonyl (C=O) groups is 3. The first-order valence-corrected chi connectivity index (χ1v) is 17.0. The van der Waals surface area contributed by atoms with Gasteiger partial charge in [-0.3, -0.25) is 14.5 Å². The van der Waals surface area contributed by atoms with Crippen LogP contribution in [-0.4, -0.2) is 107 Å². The normalized spacial score (nSPS) is 13.6. The Labute approximate surface area is 306 Å². The van der Waals surface area contributed by atoms with Crippen molar-refractivity contribution in [2.24, 2.45) is 0 Å². The minimum Gasteiger partial charge on any atom is -0.506 e. The summed E-state index contributed by atoms with van der Waals surface area (Å²) in [7, 11) is 0. The van der Waals surface area contributed by atoms with E-state index in [-0.39, 0.29) is 16.5 Å². The Kier molecular flexibility index (Phi) is 18.1. The van der Waals surface area contributed by atoms with Crippen LogP contribution in [0, 0.1) is 0 Å². The van der Waals surface area contributed by atoms with Crippen LogP contribution >= 0.6 is 34.5 Å². The van der Waals surface area contributed by atoms with Gasteiger partial charge in [0.25, 0.3) is 0 Å². The molecule has 0 spiro atoms. The van der Waals surface area contributed by atoms with Crippen LogP contribution in [-0.2, 0) is 32.0 Å². The zero-order chi connectivity index (χ0) is 39.1. The van der Waals surface area contributed by atoms with Gasteiger partial charge in [-0.15, -0.1) is 0 Å². The minimum absolute atomic E-state index is 0.0388. The third kappa shape index (κ3) is 16.0. The lowest BCUT2D eigenvalue weighted by molar-refractivity contribution is -0.193. The second kappa shape index (κ2) is 21.2. The Hall–Kier alpha value is -3.62. The van der Waals surface area contributed by atoms with Crippen LogP contribution in [0.5, 0.6) is 5.75 Å². The number of carbonyl (C=O) groups excluding carboxylic acids is 1. The van der Waals surface area contributed by atoms with Crippen molar-refractivity contribution in [2.45, 2.75) is 50.5 Å². The van der Waals surface area contributed by atoms with Crippen molar-refractivity contribution in [1.29, 1.82) is 0 Å². The number of carboxylic acid groups (broad SMARTS) is 2. The highest BCUT2D eigenvalue weighted by Crippen LogP contribution is 2.28. The van der Waals surface area contributed by atoms with Crippen molar-refractivity contribution in [3.8, 4) is 5.75 Å². The molecule has 4 rings (SSSR count). The summed E-state index contributed by atoms with van der Waals surface area (Å²) >= 11 is 13.2. The molecule has 0 bridgehead atoms. The number of hydrogen-bond acceptors (Lipinski definition) is 9. The number of aromatic hydroxyl groups is 1. The van der Waals surface area contributed by atoms with Gasteiger partial charge in [-0.05, 0) is 61.6 Å². The molecule has 1 aliphatic heterocycles. The molecule has 1 aromatic heterocycles. The van der Waals surface area contributed by atoms with Crippen molar-refractivity contribution < 1.29 is 60.8 Å². The highest BCUT2D eigenvalue weighted by atomic mass is 35.5. The van der Waals surface area contributed by atoms with E-state index < -0.39 is 24.3 Å². The average molecular weight is 810 g/mol. The Morgan fingerprint density at radius 1 is 0.904 bits per heavy atom. The summed E-state index contributed by atoms with van der Waals surface area (Å²) in [6.45, 7) is 5.13. The number of phenolic OH excluding ortho intramolecular Hbond substituents is 1. The van der Waals surface area contributed by atoms with Gasteiger partial charge in [0.2, 0.25) is 5.91 Å². The van der Waals surface area contributed by atoms with E-state index in [0.29, 0.717) is 47.5 Å². The van der Waals surface area contributed by atoms with Crippen LogP contribution in [0.2, 0.25) is 10.0 Å². The predicted molar refractivity (Wildman–Crippen MR) is 181 cm³/mol. The first-order chi connectivity index (χ1) is 24.3. The average Bonchev–Trinajstić information content (AvgIpc) is 3.47. The fourth-order valence-corrected chi connectivity index (χ4v) is 5.96. The number of nitrogens with one attached hydrogen (secondary N) is 3. The number of alkyl halides is 6. The molecular formula is C31H36Cl2F6N4O8S. The van der Waals surface area contributed by atoms with Crippen molar-refractivity contribution in [3.05, 3.63) is 61.2 Å². The number of halogens is 8. The molecule has 1 fully saturated rings. The number of ether oxygens (including phenoxy) is 1. The lowest BCUT2D eigenvalue weighted by atomic mass is 10.1. The summed E-state index contributed by atoms with van der Waals surface area (Å²) in [5, 5.41) is 31.8. The first-order valence-electron chi connectivity index (χ1n) is 15.5. The molecule has 0 atom stereocenters. The zero-order valence-electron chi connectivity index (χ0n) is 27.2. The molecule has 6 N–H and O–H groups in total. The van der Waals surface area contributed by atoms with Gasteiger partial charge < -0.3 is 35.7 Å². The van der Waals surface area contributed by atoms with E-state index in [4.69, 9.17) is 47.7 Å². The SMILES string of the molecule is O=C(CCN(CCNCCc1ccc(O)c2[nH]c(=O)sc12)C1CCOCC1)NCCc1ccc(Cl)c(Cl)c1.O=C(O)C(F)(F)F.O=C(O)C(F)(F)F. The number of aromatic nitrogens is 1. The van der Waals surface area contributed by atoms with Gasteiger partial charge in [0.1, 0.15) is 11.3 Å². The second-order valence-electron chi connectivity index (χ2n) is 11.0. The molecule has 2 heterocycles. The summed E-state index contributed by atoms with van der Waals surface area (Å²) < 4.78 is 69.8. The van der Waals surface area contributed by atoms with Crippen LogP contribution in [0.25, 0.3) is 10.2 Å². The smallest absolute Gasteiger partial charge is 0.490 e. The predicted octanol–water partition coefficient (Wildman–Crippen LogP) is 5.23. The maximum absolute atomic E-state index is 12.5. The third-order valence-corrected chi connectivity index (χ3v) is 9.02. The van der Waals surface area contributed by atoms with Crippen molar-refractivity contribution in [3.63, 3.8) is 0 Å². The molecule has 21 heteroatoms. The molecule has 3 aromatic rings.